The summed E-state index contributed by atoms with van der Waals surface area (Å²) >= 11 is 0. The molecule has 24 heavy (non-hydrogen) atoms. The van der Waals surface area contributed by atoms with Crippen molar-refractivity contribution in [2.75, 3.05) is 32.8 Å². The van der Waals surface area contributed by atoms with Gasteiger partial charge in [0.15, 0.2) is 5.96 Å². The van der Waals surface area contributed by atoms with Gasteiger partial charge in [0.2, 0.25) is 0 Å². The van der Waals surface area contributed by atoms with Gasteiger partial charge < -0.3 is 15.0 Å². The maximum Gasteiger partial charge on any atom is 0.193 e. The van der Waals surface area contributed by atoms with E-state index in [1.807, 2.05) is 13.8 Å². The summed E-state index contributed by atoms with van der Waals surface area (Å²) < 4.78 is 32.5. The number of nitrogens with one attached hydrogen (secondary N) is 1. The Morgan fingerprint density at radius 2 is 2.04 bits per heavy atom. The summed E-state index contributed by atoms with van der Waals surface area (Å²) in [6.07, 6.45) is 2.68. The standard InChI is InChI=1S/C18H27F2N3O/c1-3-21-18(23-11-8-16(9-12-23)24-4-2)22-10-7-14-13-15(19)5-6-17(14)20/h5-6,13,16H,3-4,7-12H2,1-2H3,(H,21,22). The summed E-state index contributed by atoms with van der Waals surface area (Å²) in [5, 5.41) is 3.28. The third kappa shape index (κ3) is 5.44. The Labute approximate surface area is 142 Å². The quantitative estimate of drug-likeness (QED) is 0.639. The highest BCUT2D eigenvalue weighted by molar-refractivity contribution is 5.80. The molecule has 0 aromatic heterocycles. The first kappa shape index (κ1) is 18.6. The highest BCUT2D eigenvalue weighted by atomic mass is 19.1. The lowest BCUT2D eigenvalue weighted by Crippen LogP contribution is -2.47. The molecule has 1 N–H and O–H groups in total. The number of aliphatic imine (C=N–C) groups is 1. The molecule has 0 radical (unpaired) electrons. The average molecular weight is 339 g/mol. The molecule has 1 fully saturated rings. The van der Waals surface area contributed by atoms with Gasteiger partial charge in [-0.3, -0.25) is 4.99 Å². The minimum Gasteiger partial charge on any atom is -0.378 e. The number of hydrogen-bond acceptors (Lipinski definition) is 2. The Morgan fingerprint density at radius 3 is 2.71 bits per heavy atom. The van der Waals surface area contributed by atoms with Gasteiger partial charge >= 0.3 is 0 Å². The van der Waals surface area contributed by atoms with Crippen LogP contribution >= 0.6 is 0 Å². The number of benzene rings is 1. The van der Waals surface area contributed by atoms with E-state index >= 15 is 0 Å². The molecule has 2 rings (SSSR count). The van der Waals surface area contributed by atoms with Crippen LogP contribution in [0.4, 0.5) is 8.78 Å². The van der Waals surface area contributed by atoms with Crippen molar-refractivity contribution in [3.8, 4) is 0 Å². The smallest absolute Gasteiger partial charge is 0.193 e. The number of piperidine rings is 1. The minimum atomic E-state index is -0.416. The Hall–Kier alpha value is -1.69. The van der Waals surface area contributed by atoms with E-state index in [-0.39, 0.29) is 5.82 Å². The summed E-state index contributed by atoms with van der Waals surface area (Å²) in [5.41, 5.74) is 0.365. The van der Waals surface area contributed by atoms with Crippen LogP contribution in [0.1, 0.15) is 32.3 Å². The van der Waals surface area contributed by atoms with Crippen LogP contribution in [0.25, 0.3) is 0 Å². The SMILES string of the molecule is CCNC(=NCCc1cc(F)ccc1F)N1CCC(OCC)CC1. The molecule has 0 atom stereocenters. The number of nitrogens with zero attached hydrogens (tertiary/aromatic N) is 2. The summed E-state index contributed by atoms with van der Waals surface area (Å²) in [5.74, 6) is 0.0404. The normalized spacial score (nSPS) is 16.5. The molecule has 1 saturated heterocycles. The monoisotopic (exact) mass is 339 g/mol. The summed E-state index contributed by atoms with van der Waals surface area (Å²) in [6, 6.07) is 3.54. The first-order valence-corrected chi connectivity index (χ1v) is 8.72. The maximum atomic E-state index is 13.7. The molecule has 1 aliphatic heterocycles. The van der Waals surface area contributed by atoms with Gasteiger partial charge in [-0.2, -0.15) is 0 Å². The first-order valence-electron chi connectivity index (χ1n) is 8.72. The Balaban J connectivity index is 1.92. The van der Waals surface area contributed by atoms with E-state index in [0.29, 0.717) is 24.6 Å². The molecule has 0 unspecified atom stereocenters. The molecule has 6 heteroatoms. The van der Waals surface area contributed by atoms with Crippen LogP contribution < -0.4 is 5.32 Å². The predicted octanol–water partition coefficient (Wildman–Crippen LogP) is 2.97. The molecule has 0 amide bonds. The summed E-state index contributed by atoms with van der Waals surface area (Å²) in [4.78, 5) is 6.79. The number of guanidine groups is 1. The lowest BCUT2D eigenvalue weighted by Gasteiger charge is -2.34. The zero-order valence-electron chi connectivity index (χ0n) is 14.5. The Kier molecular flexibility index (Phi) is 7.43. The fourth-order valence-corrected chi connectivity index (χ4v) is 2.91. The van der Waals surface area contributed by atoms with Crippen LogP contribution in [0.2, 0.25) is 0 Å². The molecule has 0 aliphatic carbocycles. The summed E-state index contributed by atoms with van der Waals surface area (Å²) in [6.45, 7) is 7.78. The predicted molar refractivity (Wildman–Crippen MR) is 92.3 cm³/mol. The van der Waals surface area contributed by atoms with E-state index in [9.17, 15) is 8.78 Å². The molecule has 1 heterocycles. The number of ether oxygens (including phenoxy) is 1. The van der Waals surface area contributed by atoms with Gasteiger partial charge in [0.1, 0.15) is 11.6 Å². The molecule has 1 aromatic carbocycles. The number of hydrogen-bond donors (Lipinski definition) is 1. The minimum absolute atomic E-state index is 0.329. The fraction of sp³-hybridized carbons (Fsp3) is 0.611. The topological polar surface area (TPSA) is 36.9 Å². The van der Waals surface area contributed by atoms with E-state index < -0.39 is 5.82 Å². The van der Waals surface area contributed by atoms with Crippen LogP contribution in [-0.2, 0) is 11.2 Å². The highest BCUT2D eigenvalue weighted by Crippen LogP contribution is 2.14. The van der Waals surface area contributed by atoms with Gasteiger partial charge in [0, 0.05) is 32.8 Å². The van der Waals surface area contributed by atoms with Crippen molar-refractivity contribution in [2.24, 2.45) is 4.99 Å². The molecular weight excluding hydrogens is 312 g/mol. The van der Waals surface area contributed by atoms with Gasteiger partial charge in [0.05, 0.1) is 6.10 Å². The molecule has 134 valence electrons. The second-order valence-electron chi connectivity index (χ2n) is 5.86. The van der Waals surface area contributed by atoms with Gasteiger partial charge in [-0.1, -0.05) is 0 Å². The van der Waals surface area contributed by atoms with Gasteiger partial charge in [-0.05, 0) is 56.9 Å². The average Bonchev–Trinajstić information content (AvgIpc) is 2.58. The van der Waals surface area contributed by atoms with Crippen molar-refractivity contribution >= 4 is 5.96 Å². The van der Waals surface area contributed by atoms with Crippen molar-refractivity contribution in [3.05, 3.63) is 35.4 Å². The maximum absolute atomic E-state index is 13.7. The van der Waals surface area contributed by atoms with Gasteiger partial charge in [-0.25, -0.2) is 8.78 Å². The lowest BCUT2D eigenvalue weighted by atomic mass is 10.1. The number of rotatable bonds is 6. The van der Waals surface area contributed by atoms with Crippen molar-refractivity contribution in [1.29, 1.82) is 0 Å². The molecule has 4 nitrogen and oxygen atoms in total. The lowest BCUT2D eigenvalue weighted by molar-refractivity contribution is 0.0264. The summed E-state index contributed by atoms with van der Waals surface area (Å²) in [7, 11) is 0. The third-order valence-corrected chi connectivity index (χ3v) is 4.13. The molecule has 0 spiro atoms. The fourth-order valence-electron chi connectivity index (χ4n) is 2.91. The number of halogens is 2. The van der Waals surface area contributed by atoms with Crippen molar-refractivity contribution in [1.82, 2.24) is 10.2 Å². The molecule has 0 bridgehead atoms. The van der Waals surface area contributed by atoms with Crippen molar-refractivity contribution < 1.29 is 13.5 Å². The third-order valence-electron chi connectivity index (χ3n) is 4.13. The molecule has 1 aliphatic rings. The highest BCUT2D eigenvalue weighted by Gasteiger charge is 2.21. The van der Waals surface area contributed by atoms with E-state index in [1.165, 1.54) is 6.07 Å². The van der Waals surface area contributed by atoms with E-state index in [4.69, 9.17) is 4.74 Å². The van der Waals surface area contributed by atoms with Crippen molar-refractivity contribution in [2.45, 2.75) is 39.2 Å². The molecule has 1 aromatic rings. The second kappa shape index (κ2) is 9.57. The largest absolute Gasteiger partial charge is 0.378 e. The zero-order chi connectivity index (χ0) is 17.4. The number of likely N-dealkylation sites (tertiary alicyclic amines) is 1. The van der Waals surface area contributed by atoms with Crippen molar-refractivity contribution in [3.63, 3.8) is 0 Å². The Bertz CT molecular complexity index is 543. The van der Waals surface area contributed by atoms with Crippen LogP contribution in [0, 0.1) is 11.6 Å². The van der Waals surface area contributed by atoms with Crippen LogP contribution in [0.15, 0.2) is 23.2 Å². The second-order valence-corrected chi connectivity index (χ2v) is 5.86. The first-order chi connectivity index (χ1) is 11.6. The van der Waals surface area contributed by atoms with E-state index in [1.54, 1.807) is 0 Å². The van der Waals surface area contributed by atoms with Crippen LogP contribution in [0.5, 0.6) is 0 Å². The van der Waals surface area contributed by atoms with Crippen LogP contribution in [-0.4, -0.2) is 49.7 Å². The van der Waals surface area contributed by atoms with E-state index in [2.05, 4.69) is 15.2 Å². The van der Waals surface area contributed by atoms with Crippen LogP contribution in [0.3, 0.4) is 0 Å². The Morgan fingerprint density at radius 1 is 1.29 bits per heavy atom. The van der Waals surface area contributed by atoms with Gasteiger partial charge in [-0.15, -0.1) is 0 Å². The van der Waals surface area contributed by atoms with Gasteiger partial charge in [0.25, 0.3) is 0 Å². The molecule has 0 saturated carbocycles. The zero-order valence-corrected chi connectivity index (χ0v) is 14.5. The molecular formula is C18H27F2N3O. The van der Waals surface area contributed by atoms with E-state index in [0.717, 1.165) is 57.2 Å².